The van der Waals surface area contributed by atoms with Crippen LogP contribution in [0.15, 0.2) is 34.1 Å². The van der Waals surface area contributed by atoms with Gasteiger partial charge in [-0.2, -0.15) is 0 Å². The number of phenolic OH excluding ortho intramolecular Hbond substituents is 2. The monoisotopic (exact) mass is 586 g/mol. The Morgan fingerprint density at radius 2 is 1.21 bits per heavy atom. The SMILES string of the molecule is CNn1cc(C(=O)O)c(=O)c2cc(N3CCN(c4c(F)cc5c(=O)c(C(=O)O)cn(NC)c5c4O)CC3)c(F)c(O)c21. The van der Waals surface area contributed by atoms with E-state index in [9.17, 15) is 39.6 Å². The summed E-state index contributed by atoms with van der Waals surface area (Å²) in [6, 6.07) is 1.98. The third kappa shape index (κ3) is 4.15. The third-order valence-electron chi connectivity index (χ3n) is 7.25. The van der Waals surface area contributed by atoms with Crippen LogP contribution in [0.5, 0.6) is 11.5 Å². The summed E-state index contributed by atoms with van der Waals surface area (Å²) in [7, 11) is 2.80. The fraction of sp³-hybridized carbons (Fsp3) is 0.231. The summed E-state index contributed by atoms with van der Waals surface area (Å²) in [5.41, 5.74) is 1.22. The van der Waals surface area contributed by atoms with Crippen LogP contribution >= 0.6 is 0 Å². The molecule has 42 heavy (non-hydrogen) atoms. The number of anilines is 2. The van der Waals surface area contributed by atoms with Gasteiger partial charge in [0.25, 0.3) is 0 Å². The molecule has 0 atom stereocenters. The van der Waals surface area contributed by atoms with Crippen molar-refractivity contribution in [1.29, 1.82) is 0 Å². The van der Waals surface area contributed by atoms with Gasteiger partial charge in [0, 0.05) is 52.7 Å². The van der Waals surface area contributed by atoms with E-state index in [-0.39, 0.29) is 59.4 Å². The van der Waals surface area contributed by atoms with Crippen LogP contribution in [0, 0.1) is 11.6 Å². The molecule has 2 aromatic carbocycles. The normalized spacial score (nSPS) is 13.5. The lowest BCUT2D eigenvalue weighted by Gasteiger charge is -2.38. The lowest BCUT2D eigenvalue weighted by atomic mass is 10.1. The van der Waals surface area contributed by atoms with E-state index in [1.165, 1.54) is 23.9 Å². The highest BCUT2D eigenvalue weighted by atomic mass is 19.1. The van der Waals surface area contributed by atoms with E-state index in [1.807, 2.05) is 0 Å². The van der Waals surface area contributed by atoms with Crippen LogP contribution in [0.1, 0.15) is 20.7 Å². The van der Waals surface area contributed by atoms with Crippen LogP contribution < -0.4 is 31.5 Å². The second-order valence-electron chi connectivity index (χ2n) is 9.42. The fourth-order valence-electron chi connectivity index (χ4n) is 5.23. The first-order valence-electron chi connectivity index (χ1n) is 12.4. The number of fused-ring (bicyclic) bond motifs is 2. The average molecular weight is 587 g/mol. The summed E-state index contributed by atoms with van der Waals surface area (Å²) in [6.07, 6.45) is 1.91. The predicted molar refractivity (Wildman–Crippen MR) is 149 cm³/mol. The van der Waals surface area contributed by atoms with Crippen molar-refractivity contribution in [3.8, 4) is 11.5 Å². The van der Waals surface area contributed by atoms with Gasteiger partial charge in [0.05, 0.1) is 16.5 Å². The molecule has 5 rings (SSSR count). The molecule has 14 nitrogen and oxygen atoms in total. The molecule has 0 radical (unpaired) electrons. The predicted octanol–water partition coefficient (Wildman–Crippen LogP) is 1.08. The van der Waals surface area contributed by atoms with E-state index in [0.717, 1.165) is 33.9 Å². The number of carboxylic acid groups (broad SMARTS) is 2. The highest BCUT2D eigenvalue weighted by molar-refractivity contribution is 5.98. The zero-order valence-corrected chi connectivity index (χ0v) is 22.1. The first-order chi connectivity index (χ1) is 19.9. The fourth-order valence-corrected chi connectivity index (χ4v) is 5.23. The number of phenols is 2. The van der Waals surface area contributed by atoms with E-state index in [4.69, 9.17) is 0 Å². The Kier molecular flexibility index (Phi) is 6.76. The van der Waals surface area contributed by atoms with E-state index >= 15 is 8.78 Å². The molecule has 3 heterocycles. The molecule has 0 bridgehead atoms. The number of aromatic carboxylic acids is 2. The van der Waals surface area contributed by atoms with Crippen LogP contribution in [-0.2, 0) is 0 Å². The summed E-state index contributed by atoms with van der Waals surface area (Å²) >= 11 is 0. The highest BCUT2D eigenvalue weighted by Gasteiger charge is 2.29. The maximum atomic E-state index is 15.4. The van der Waals surface area contributed by atoms with Gasteiger partial charge in [0.2, 0.25) is 10.9 Å². The number of rotatable bonds is 6. The zero-order valence-electron chi connectivity index (χ0n) is 22.1. The Bertz CT molecular complexity index is 1930. The number of carboxylic acids is 2. The number of pyridine rings is 2. The molecular formula is C26H24F2N6O8. The molecule has 0 spiro atoms. The molecule has 0 amide bonds. The molecule has 1 saturated heterocycles. The second kappa shape index (κ2) is 10.1. The number of nitrogens with one attached hydrogen (secondary N) is 2. The lowest BCUT2D eigenvalue weighted by molar-refractivity contribution is 0.0684. The average Bonchev–Trinajstić information content (AvgIpc) is 2.95. The summed E-state index contributed by atoms with van der Waals surface area (Å²) in [4.78, 5) is 51.5. The van der Waals surface area contributed by atoms with Crippen molar-refractivity contribution in [1.82, 2.24) is 9.35 Å². The van der Waals surface area contributed by atoms with Gasteiger partial charge < -0.3 is 41.1 Å². The minimum Gasteiger partial charge on any atom is -0.504 e. The van der Waals surface area contributed by atoms with Crippen LogP contribution in [0.2, 0.25) is 0 Å². The van der Waals surface area contributed by atoms with E-state index < -0.39 is 57.1 Å². The summed E-state index contributed by atoms with van der Waals surface area (Å²) in [5.74, 6) is -6.58. The van der Waals surface area contributed by atoms with Crippen LogP contribution in [0.25, 0.3) is 21.8 Å². The molecule has 0 aliphatic carbocycles. The van der Waals surface area contributed by atoms with Gasteiger partial charge in [-0.25, -0.2) is 18.4 Å². The molecule has 2 aromatic heterocycles. The molecule has 6 N–H and O–H groups in total. The minimum absolute atomic E-state index is 0.0150. The van der Waals surface area contributed by atoms with Crippen LogP contribution in [0.3, 0.4) is 0 Å². The van der Waals surface area contributed by atoms with Gasteiger partial charge in [-0.3, -0.25) is 18.9 Å². The Hall–Kier alpha value is -5.54. The van der Waals surface area contributed by atoms with Gasteiger partial charge >= 0.3 is 11.9 Å². The number of hydrogen-bond donors (Lipinski definition) is 6. The van der Waals surface area contributed by atoms with Crippen molar-refractivity contribution >= 4 is 45.1 Å². The number of halogens is 2. The topological polar surface area (TPSA) is 190 Å². The number of aromatic hydroxyl groups is 2. The summed E-state index contributed by atoms with van der Waals surface area (Å²) in [6.45, 7) is 0.0745. The summed E-state index contributed by atoms with van der Waals surface area (Å²) in [5, 5.41) is 39.9. The Morgan fingerprint density at radius 1 is 0.762 bits per heavy atom. The van der Waals surface area contributed by atoms with Crippen molar-refractivity contribution in [2.45, 2.75) is 0 Å². The summed E-state index contributed by atoms with van der Waals surface area (Å²) < 4.78 is 32.9. The number of nitrogens with zero attached hydrogens (tertiary/aromatic N) is 4. The zero-order chi connectivity index (χ0) is 30.6. The Balaban J connectivity index is 1.54. The lowest BCUT2D eigenvalue weighted by Crippen LogP contribution is -2.47. The molecule has 4 aromatic rings. The minimum atomic E-state index is -1.53. The maximum absolute atomic E-state index is 15.4. The van der Waals surface area contributed by atoms with E-state index in [0.29, 0.717) is 0 Å². The molecule has 1 aliphatic rings. The van der Waals surface area contributed by atoms with Gasteiger partial charge in [-0.15, -0.1) is 0 Å². The number of piperazine rings is 1. The van der Waals surface area contributed by atoms with E-state index in [2.05, 4.69) is 10.9 Å². The Morgan fingerprint density at radius 3 is 1.69 bits per heavy atom. The first-order valence-corrected chi connectivity index (χ1v) is 12.4. The van der Waals surface area contributed by atoms with Crippen molar-refractivity contribution in [3.63, 3.8) is 0 Å². The van der Waals surface area contributed by atoms with E-state index in [1.54, 1.807) is 0 Å². The number of carbonyl (C=O) groups is 2. The standard InChI is InChI=1S/C26H24F2N6O8/c1-29-33-9-14(26(41)42)22(36)12-8-16(17(28)23(37)18(12)33)31-3-5-32(6-4-31)20-15(27)7-11-19(24(20)38)34(30-2)10-13(21(11)35)25(39)40/h7-10,29-30,37-38H,3-6H2,1-2H3,(H,39,40)(H,41,42). The van der Waals surface area contributed by atoms with Gasteiger partial charge in [0.1, 0.15) is 27.8 Å². The molecule has 1 aliphatic heterocycles. The first kappa shape index (κ1) is 28.0. The van der Waals surface area contributed by atoms with Crippen molar-refractivity contribution in [2.75, 3.05) is 60.9 Å². The molecule has 16 heteroatoms. The Labute approximate surface area is 233 Å². The highest BCUT2D eigenvalue weighted by Crippen LogP contribution is 2.39. The number of aromatic nitrogens is 2. The molecule has 0 saturated carbocycles. The number of benzene rings is 2. The second-order valence-corrected chi connectivity index (χ2v) is 9.42. The maximum Gasteiger partial charge on any atom is 0.341 e. The van der Waals surface area contributed by atoms with Gasteiger partial charge in [-0.1, -0.05) is 0 Å². The van der Waals surface area contributed by atoms with Crippen molar-refractivity contribution < 1.29 is 38.8 Å². The molecular weight excluding hydrogens is 562 g/mol. The molecule has 220 valence electrons. The van der Waals surface area contributed by atoms with Crippen molar-refractivity contribution in [2.24, 2.45) is 0 Å². The number of hydrogen-bond acceptors (Lipinski definition) is 10. The molecule has 1 fully saturated rings. The third-order valence-corrected chi connectivity index (χ3v) is 7.25. The molecule has 0 unspecified atom stereocenters. The largest absolute Gasteiger partial charge is 0.504 e. The smallest absolute Gasteiger partial charge is 0.341 e. The van der Waals surface area contributed by atoms with Crippen LogP contribution in [0.4, 0.5) is 20.2 Å². The quantitative estimate of drug-likeness (QED) is 0.189. The van der Waals surface area contributed by atoms with Gasteiger partial charge in [-0.05, 0) is 12.1 Å². The van der Waals surface area contributed by atoms with Crippen LogP contribution in [-0.4, -0.2) is 82.0 Å². The van der Waals surface area contributed by atoms with Gasteiger partial charge in [0.15, 0.2) is 23.1 Å². The van der Waals surface area contributed by atoms with Crippen molar-refractivity contribution in [3.05, 3.63) is 67.7 Å².